The lowest BCUT2D eigenvalue weighted by molar-refractivity contribution is 0.235. The molecule has 2 saturated heterocycles. The Morgan fingerprint density at radius 1 is 1.26 bits per heavy atom. The van der Waals surface area contributed by atoms with Crippen molar-refractivity contribution in [2.24, 2.45) is 11.8 Å². The zero-order chi connectivity index (χ0) is 13.2. The van der Waals surface area contributed by atoms with Gasteiger partial charge in [-0.2, -0.15) is 0 Å². The fourth-order valence-electron chi connectivity index (χ4n) is 3.52. The first-order chi connectivity index (χ1) is 9.29. The van der Waals surface area contributed by atoms with E-state index in [-0.39, 0.29) is 0 Å². The van der Waals surface area contributed by atoms with Crippen molar-refractivity contribution in [3.05, 3.63) is 29.8 Å². The molecule has 2 aliphatic heterocycles. The minimum absolute atomic E-state index is 0.452. The number of rotatable bonds is 4. The molecule has 2 fully saturated rings. The zero-order valence-electron chi connectivity index (χ0n) is 11.9. The summed E-state index contributed by atoms with van der Waals surface area (Å²) in [6.07, 6.45) is 0. The van der Waals surface area contributed by atoms with Gasteiger partial charge < -0.3 is 10.1 Å². The van der Waals surface area contributed by atoms with E-state index in [0.29, 0.717) is 6.04 Å². The van der Waals surface area contributed by atoms with Gasteiger partial charge in [-0.05, 0) is 44.8 Å². The SMILES string of the molecule is CCOc1ccccc1C(C)N1CC2CNCC2C1. The van der Waals surface area contributed by atoms with Crippen molar-refractivity contribution in [2.75, 3.05) is 32.8 Å². The Bertz CT molecular complexity index is 423. The summed E-state index contributed by atoms with van der Waals surface area (Å²) in [7, 11) is 0. The van der Waals surface area contributed by atoms with E-state index in [1.165, 1.54) is 31.7 Å². The van der Waals surface area contributed by atoms with Gasteiger partial charge in [0.15, 0.2) is 0 Å². The largest absolute Gasteiger partial charge is 0.494 e. The van der Waals surface area contributed by atoms with E-state index in [2.05, 4.69) is 41.4 Å². The van der Waals surface area contributed by atoms with Crippen molar-refractivity contribution in [1.82, 2.24) is 10.2 Å². The number of nitrogens with one attached hydrogen (secondary N) is 1. The fourth-order valence-corrected chi connectivity index (χ4v) is 3.52. The lowest BCUT2D eigenvalue weighted by atomic mass is 10.0. The quantitative estimate of drug-likeness (QED) is 0.899. The minimum atomic E-state index is 0.452. The normalized spacial score (nSPS) is 28.3. The average molecular weight is 260 g/mol. The molecule has 0 amide bonds. The highest BCUT2D eigenvalue weighted by atomic mass is 16.5. The molecular weight excluding hydrogens is 236 g/mol. The van der Waals surface area contributed by atoms with E-state index in [4.69, 9.17) is 4.74 Å². The van der Waals surface area contributed by atoms with Crippen LogP contribution >= 0.6 is 0 Å². The Labute approximate surface area is 115 Å². The highest BCUT2D eigenvalue weighted by Crippen LogP contribution is 2.35. The van der Waals surface area contributed by atoms with Crippen molar-refractivity contribution in [1.29, 1.82) is 0 Å². The van der Waals surface area contributed by atoms with Gasteiger partial charge in [-0.15, -0.1) is 0 Å². The number of hydrogen-bond donors (Lipinski definition) is 1. The Kier molecular flexibility index (Phi) is 3.76. The highest BCUT2D eigenvalue weighted by molar-refractivity contribution is 5.35. The van der Waals surface area contributed by atoms with Crippen molar-refractivity contribution in [3.63, 3.8) is 0 Å². The van der Waals surface area contributed by atoms with Crippen LogP contribution in [0, 0.1) is 11.8 Å². The lowest BCUT2D eigenvalue weighted by Crippen LogP contribution is -2.28. The van der Waals surface area contributed by atoms with Crippen LogP contribution in [0.3, 0.4) is 0 Å². The molecule has 1 aromatic rings. The van der Waals surface area contributed by atoms with Gasteiger partial charge in [-0.25, -0.2) is 0 Å². The van der Waals surface area contributed by atoms with Crippen molar-refractivity contribution < 1.29 is 4.74 Å². The van der Waals surface area contributed by atoms with Crippen LogP contribution in [0.25, 0.3) is 0 Å². The third-order valence-corrected chi connectivity index (χ3v) is 4.63. The number of nitrogens with zero attached hydrogens (tertiary/aromatic N) is 1. The van der Waals surface area contributed by atoms with Crippen LogP contribution in [0.4, 0.5) is 0 Å². The number of fused-ring (bicyclic) bond motifs is 1. The van der Waals surface area contributed by atoms with E-state index in [9.17, 15) is 0 Å². The summed E-state index contributed by atoms with van der Waals surface area (Å²) >= 11 is 0. The van der Waals surface area contributed by atoms with Crippen LogP contribution < -0.4 is 10.1 Å². The van der Waals surface area contributed by atoms with Gasteiger partial charge in [0.05, 0.1) is 6.61 Å². The maximum Gasteiger partial charge on any atom is 0.124 e. The van der Waals surface area contributed by atoms with Gasteiger partial charge in [0.1, 0.15) is 5.75 Å². The molecule has 3 rings (SSSR count). The minimum Gasteiger partial charge on any atom is -0.494 e. The van der Waals surface area contributed by atoms with Gasteiger partial charge in [-0.3, -0.25) is 4.90 Å². The van der Waals surface area contributed by atoms with Gasteiger partial charge in [0.25, 0.3) is 0 Å². The second kappa shape index (κ2) is 5.51. The molecular formula is C16H24N2O. The Morgan fingerprint density at radius 2 is 1.95 bits per heavy atom. The van der Waals surface area contributed by atoms with Crippen LogP contribution in [0.5, 0.6) is 5.75 Å². The molecule has 0 saturated carbocycles. The van der Waals surface area contributed by atoms with Gasteiger partial charge in [0, 0.05) is 24.7 Å². The summed E-state index contributed by atoms with van der Waals surface area (Å²) in [4.78, 5) is 2.62. The molecule has 1 N–H and O–H groups in total. The van der Waals surface area contributed by atoms with Gasteiger partial charge in [0.2, 0.25) is 0 Å². The molecule has 2 heterocycles. The first-order valence-electron chi connectivity index (χ1n) is 7.46. The standard InChI is InChI=1S/C16H24N2O/c1-3-19-16-7-5-4-6-15(16)12(2)18-10-13-8-17-9-14(13)11-18/h4-7,12-14,17H,3,8-11H2,1-2H3. The van der Waals surface area contributed by atoms with Crippen molar-refractivity contribution >= 4 is 0 Å². The first-order valence-corrected chi connectivity index (χ1v) is 7.46. The Balaban J connectivity index is 1.75. The van der Waals surface area contributed by atoms with Crippen LogP contribution in [-0.4, -0.2) is 37.7 Å². The monoisotopic (exact) mass is 260 g/mol. The van der Waals surface area contributed by atoms with Gasteiger partial charge >= 0.3 is 0 Å². The lowest BCUT2D eigenvalue weighted by Gasteiger charge is -2.27. The van der Waals surface area contributed by atoms with E-state index in [1.807, 2.05) is 6.92 Å². The third kappa shape index (κ3) is 2.49. The summed E-state index contributed by atoms with van der Waals surface area (Å²) in [5.41, 5.74) is 1.33. The molecule has 0 spiro atoms. The number of hydrogen-bond acceptors (Lipinski definition) is 3. The van der Waals surface area contributed by atoms with Crippen molar-refractivity contribution in [2.45, 2.75) is 19.9 Å². The highest BCUT2D eigenvalue weighted by Gasteiger charge is 2.38. The third-order valence-electron chi connectivity index (χ3n) is 4.63. The van der Waals surface area contributed by atoms with Crippen LogP contribution in [0.1, 0.15) is 25.5 Å². The molecule has 2 aliphatic rings. The number of benzene rings is 1. The van der Waals surface area contributed by atoms with E-state index in [0.717, 1.165) is 24.2 Å². The first kappa shape index (κ1) is 12.9. The number of para-hydroxylation sites is 1. The second-order valence-corrected chi connectivity index (χ2v) is 5.78. The predicted octanol–water partition coefficient (Wildman–Crippen LogP) is 2.30. The van der Waals surface area contributed by atoms with Crippen LogP contribution in [-0.2, 0) is 0 Å². The smallest absolute Gasteiger partial charge is 0.124 e. The summed E-state index contributed by atoms with van der Waals surface area (Å²) in [6.45, 7) is 9.93. The maximum absolute atomic E-state index is 5.77. The summed E-state index contributed by atoms with van der Waals surface area (Å²) in [6, 6.07) is 8.93. The van der Waals surface area contributed by atoms with Gasteiger partial charge in [-0.1, -0.05) is 18.2 Å². The van der Waals surface area contributed by atoms with Crippen LogP contribution in [0.15, 0.2) is 24.3 Å². The molecule has 0 aromatic heterocycles. The molecule has 3 nitrogen and oxygen atoms in total. The molecule has 104 valence electrons. The fraction of sp³-hybridized carbons (Fsp3) is 0.625. The van der Waals surface area contributed by atoms with Crippen molar-refractivity contribution in [3.8, 4) is 5.75 Å². The molecule has 19 heavy (non-hydrogen) atoms. The number of likely N-dealkylation sites (tertiary alicyclic amines) is 1. The summed E-state index contributed by atoms with van der Waals surface area (Å²) in [5, 5.41) is 3.50. The molecule has 3 heteroatoms. The van der Waals surface area contributed by atoms with Crippen LogP contribution in [0.2, 0.25) is 0 Å². The molecule has 3 atom stereocenters. The Morgan fingerprint density at radius 3 is 2.63 bits per heavy atom. The average Bonchev–Trinajstić information content (AvgIpc) is 2.99. The van der Waals surface area contributed by atoms with E-state index >= 15 is 0 Å². The zero-order valence-corrected chi connectivity index (χ0v) is 11.9. The molecule has 0 bridgehead atoms. The molecule has 3 unspecified atom stereocenters. The molecule has 0 aliphatic carbocycles. The molecule has 0 radical (unpaired) electrons. The molecule has 1 aromatic carbocycles. The summed E-state index contributed by atoms with van der Waals surface area (Å²) < 4.78 is 5.77. The Hall–Kier alpha value is -1.06. The van der Waals surface area contributed by atoms with E-state index in [1.54, 1.807) is 0 Å². The number of ether oxygens (including phenoxy) is 1. The second-order valence-electron chi connectivity index (χ2n) is 5.78. The maximum atomic E-state index is 5.77. The summed E-state index contributed by atoms with van der Waals surface area (Å²) in [5.74, 6) is 2.75. The topological polar surface area (TPSA) is 24.5 Å². The van der Waals surface area contributed by atoms with E-state index < -0.39 is 0 Å². The predicted molar refractivity (Wildman–Crippen MR) is 77.4 cm³/mol.